The van der Waals surface area contributed by atoms with Gasteiger partial charge in [0.05, 0.1) is 13.2 Å². The number of rotatable bonds is 7. The molecule has 1 fully saturated rings. The van der Waals surface area contributed by atoms with Crippen LogP contribution in [0.4, 0.5) is 11.6 Å². The molecule has 2 N–H and O–H groups in total. The quantitative estimate of drug-likeness (QED) is 0.423. The molecule has 4 aromatic rings. The first kappa shape index (κ1) is 21.5. The minimum atomic E-state index is 0.155. The molecular formula is C24H24ClN5O3. The van der Waals surface area contributed by atoms with E-state index in [1.807, 2.05) is 42.6 Å². The second kappa shape index (κ2) is 9.66. The minimum absolute atomic E-state index is 0.155. The van der Waals surface area contributed by atoms with Crippen LogP contribution in [0.15, 0.2) is 60.8 Å². The SMILES string of the molecule is Oc1ccc(Cl)c(-c2ccc3nc(Nc4cccc(OCCN5CCOCC5)c4)nn3c2)c1. The lowest BCUT2D eigenvalue weighted by molar-refractivity contribution is 0.0322. The number of morpholine rings is 1. The first-order valence-electron chi connectivity index (χ1n) is 10.8. The molecule has 5 rings (SSSR count). The number of fused-ring (bicyclic) bond motifs is 1. The third kappa shape index (κ3) is 5.19. The Bertz CT molecular complexity index is 1260. The standard InChI is InChI=1S/C24H24ClN5O3/c25-22-6-5-19(31)15-21(22)17-4-7-23-27-24(28-30(23)16-17)26-18-2-1-3-20(14-18)33-13-10-29-8-11-32-12-9-29/h1-7,14-16,31H,8-13H2,(H,26,28). The first-order chi connectivity index (χ1) is 16.1. The van der Waals surface area contributed by atoms with Crippen LogP contribution in [0, 0.1) is 0 Å². The molecule has 0 spiro atoms. The van der Waals surface area contributed by atoms with Gasteiger partial charge in [-0.25, -0.2) is 4.52 Å². The van der Waals surface area contributed by atoms with E-state index in [9.17, 15) is 5.11 Å². The highest BCUT2D eigenvalue weighted by molar-refractivity contribution is 6.33. The maximum Gasteiger partial charge on any atom is 0.247 e. The van der Waals surface area contributed by atoms with Gasteiger partial charge in [-0.2, -0.15) is 4.98 Å². The van der Waals surface area contributed by atoms with Gasteiger partial charge >= 0.3 is 0 Å². The minimum Gasteiger partial charge on any atom is -0.508 e. The summed E-state index contributed by atoms with van der Waals surface area (Å²) in [6, 6.07) is 16.4. The monoisotopic (exact) mass is 465 g/mol. The molecular weight excluding hydrogens is 442 g/mol. The average Bonchev–Trinajstić information content (AvgIpc) is 3.23. The van der Waals surface area contributed by atoms with Crippen molar-refractivity contribution in [2.45, 2.75) is 0 Å². The van der Waals surface area contributed by atoms with Crippen molar-refractivity contribution in [2.24, 2.45) is 0 Å². The van der Waals surface area contributed by atoms with Gasteiger partial charge in [-0.1, -0.05) is 17.7 Å². The van der Waals surface area contributed by atoms with Gasteiger partial charge in [-0.15, -0.1) is 5.10 Å². The molecule has 0 saturated carbocycles. The van der Waals surface area contributed by atoms with E-state index in [4.69, 9.17) is 21.1 Å². The predicted molar refractivity (Wildman–Crippen MR) is 128 cm³/mol. The van der Waals surface area contributed by atoms with Crippen LogP contribution in [-0.2, 0) is 4.74 Å². The summed E-state index contributed by atoms with van der Waals surface area (Å²) in [6.45, 7) is 4.96. The third-order valence-corrected chi connectivity index (χ3v) is 5.79. The van der Waals surface area contributed by atoms with Gasteiger partial charge in [0, 0.05) is 53.7 Å². The molecule has 2 aromatic heterocycles. The van der Waals surface area contributed by atoms with Crippen LogP contribution in [-0.4, -0.2) is 64.1 Å². The molecule has 170 valence electrons. The van der Waals surface area contributed by atoms with Crippen LogP contribution in [0.1, 0.15) is 0 Å². The molecule has 0 bridgehead atoms. The van der Waals surface area contributed by atoms with E-state index in [0.29, 0.717) is 23.2 Å². The molecule has 0 radical (unpaired) electrons. The predicted octanol–water partition coefficient (Wildman–Crippen LogP) is 4.21. The Morgan fingerprint density at radius 3 is 2.85 bits per heavy atom. The third-order valence-electron chi connectivity index (χ3n) is 5.46. The van der Waals surface area contributed by atoms with Crippen molar-refractivity contribution in [1.29, 1.82) is 0 Å². The zero-order chi connectivity index (χ0) is 22.6. The number of halogens is 1. The maximum atomic E-state index is 9.80. The van der Waals surface area contributed by atoms with E-state index >= 15 is 0 Å². The molecule has 0 atom stereocenters. The summed E-state index contributed by atoms with van der Waals surface area (Å²) in [5.41, 5.74) is 3.09. The van der Waals surface area contributed by atoms with Gasteiger partial charge in [0.25, 0.3) is 0 Å². The van der Waals surface area contributed by atoms with Crippen LogP contribution in [0.3, 0.4) is 0 Å². The number of hydrogen-bond donors (Lipinski definition) is 2. The fourth-order valence-electron chi connectivity index (χ4n) is 3.74. The summed E-state index contributed by atoms with van der Waals surface area (Å²) in [4.78, 5) is 6.87. The molecule has 1 aliphatic rings. The fraction of sp³-hybridized carbons (Fsp3) is 0.250. The van der Waals surface area contributed by atoms with E-state index < -0.39 is 0 Å². The summed E-state index contributed by atoms with van der Waals surface area (Å²) < 4.78 is 13.0. The second-order valence-electron chi connectivity index (χ2n) is 7.78. The molecule has 1 aliphatic heterocycles. The molecule has 3 heterocycles. The molecule has 1 saturated heterocycles. The lowest BCUT2D eigenvalue weighted by Gasteiger charge is -2.26. The van der Waals surface area contributed by atoms with E-state index in [1.54, 1.807) is 22.7 Å². The largest absolute Gasteiger partial charge is 0.508 e. The van der Waals surface area contributed by atoms with Crippen LogP contribution in [0.25, 0.3) is 16.8 Å². The summed E-state index contributed by atoms with van der Waals surface area (Å²) in [7, 11) is 0. The lowest BCUT2D eigenvalue weighted by atomic mass is 10.1. The van der Waals surface area contributed by atoms with Crippen LogP contribution in [0.5, 0.6) is 11.5 Å². The highest BCUT2D eigenvalue weighted by Gasteiger charge is 2.11. The van der Waals surface area contributed by atoms with Gasteiger partial charge in [0.1, 0.15) is 18.1 Å². The second-order valence-corrected chi connectivity index (χ2v) is 8.18. The number of aromatic nitrogens is 3. The zero-order valence-corrected chi connectivity index (χ0v) is 18.7. The van der Waals surface area contributed by atoms with Crippen LogP contribution in [0.2, 0.25) is 5.02 Å². The van der Waals surface area contributed by atoms with Crippen molar-refractivity contribution in [3.05, 3.63) is 65.8 Å². The van der Waals surface area contributed by atoms with E-state index in [-0.39, 0.29) is 5.75 Å². The highest BCUT2D eigenvalue weighted by atomic mass is 35.5. The van der Waals surface area contributed by atoms with E-state index in [0.717, 1.165) is 55.4 Å². The molecule has 0 unspecified atom stereocenters. The Hall–Kier alpha value is -3.33. The topological polar surface area (TPSA) is 84.2 Å². The average molecular weight is 466 g/mol. The molecule has 33 heavy (non-hydrogen) atoms. The summed E-state index contributed by atoms with van der Waals surface area (Å²) in [5, 5.41) is 18.1. The number of ether oxygens (including phenoxy) is 2. The number of nitrogens with one attached hydrogen (secondary N) is 1. The van der Waals surface area contributed by atoms with Crippen molar-refractivity contribution in [2.75, 3.05) is 44.8 Å². The number of anilines is 2. The summed E-state index contributed by atoms with van der Waals surface area (Å²) in [5.74, 6) is 1.42. The van der Waals surface area contributed by atoms with Gasteiger partial charge < -0.3 is 19.9 Å². The lowest BCUT2D eigenvalue weighted by Crippen LogP contribution is -2.38. The van der Waals surface area contributed by atoms with Crippen LogP contribution >= 0.6 is 11.6 Å². The number of pyridine rings is 1. The maximum absolute atomic E-state index is 9.80. The van der Waals surface area contributed by atoms with Crippen molar-refractivity contribution in [1.82, 2.24) is 19.5 Å². The van der Waals surface area contributed by atoms with Crippen molar-refractivity contribution < 1.29 is 14.6 Å². The smallest absolute Gasteiger partial charge is 0.247 e. The molecule has 9 heteroatoms. The Morgan fingerprint density at radius 2 is 1.97 bits per heavy atom. The first-order valence-corrected chi connectivity index (χ1v) is 11.2. The van der Waals surface area contributed by atoms with Gasteiger partial charge in [0.2, 0.25) is 5.95 Å². The summed E-state index contributed by atoms with van der Waals surface area (Å²) >= 11 is 6.30. The van der Waals surface area contributed by atoms with Gasteiger partial charge in [-0.05, 0) is 42.5 Å². The number of hydrogen-bond acceptors (Lipinski definition) is 7. The molecule has 0 amide bonds. The van der Waals surface area contributed by atoms with Gasteiger partial charge in [-0.3, -0.25) is 4.90 Å². The molecule has 8 nitrogen and oxygen atoms in total. The number of phenolic OH excluding ortho intramolecular Hbond substituents is 1. The number of nitrogens with zero attached hydrogens (tertiary/aromatic N) is 4. The van der Waals surface area contributed by atoms with Crippen molar-refractivity contribution in [3.8, 4) is 22.6 Å². The molecule has 2 aromatic carbocycles. The molecule has 0 aliphatic carbocycles. The Balaban J connectivity index is 1.27. The van der Waals surface area contributed by atoms with Crippen molar-refractivity contribution in [3.63, 3.8) is 0 Å². The number of benzene rings is 2. The number of aromatic hydroxyl groups is 1. The Kier molecular flexibility index (Phi) is 6.30. The van der Waals surface area contributed by atoms with Crippen molar-refractivity contribution >= 4 is 28.9 Å². The normalized spacial score (nSPS) is 14.5. The Morgan fingerprint density at radius 1 is 1.09 bits per heavy atom. The fourth-order valence-corrected chi connectivity index (χ4v) is 3.97. The van der Waals surface area contributed by atoms with E-state index in [2.05, 4.69) is 20.3 Å². The highest BCUT2D eigenvalue weighted by Crippen LogP contribution is 2.31. The Labute approximate surface area is 196 Å². The number of phenols is 1. The zero-order valence-electron chi connectivity index (χ0n) is 17.9. The van der Waals surface area contributed by atoms with E-state index in [1.165, 1.54) is 0 Å². The van der Waals surface area contributed by atoms with Crippen LogP contribution < -0.4 is 10.1 Å². The van der Waals surface area contributed by atoms with Gasteiger partial charge in [0.15, 0.2) is 5.65 Å². The summed E-state index contributed by atoms with van der Waals surface area (Å²) in [6.07, 6.45) is 1.83.